The monoisotopic (exact) mass is 219 g/mol. The van der Waals surface area contributed by atoms with Crippen LogP contribution in [0, 0.1) is 5.41 Å². The first-order valence-electron chi connectivity index (χ1n) is 5.43. The van der Waals surface area contributed by atoms with Gasteiger partial charge >= 0.3 is 5.97 Å². The highest BCUT2D eigenvalue weighted by molar-refractivity contribution is 5.96. The first kappa shape index (κ1) is 9.51. The number of rotatable bonds is 1. The van der Waals surface area contributed by atoms with Crippen LogP contribution < -0.4 is 10.1 Å². The summed E-state index contributed by atoms with van der Waals surface area (Å²) >= 11 is 0. The Morgan fingerprint density at radius 3 is 2.94 bits per heavy atom. The fourth-order valence-electron chi connectivity index (χ4n) is 2.07. The van der Waals surface area contributed by atoms with Gasteiger partial charge in [0.25, 0.3) is 0 Å². The molecule has 1 fully saturated rings. The van der Waals surface area contributed by atoms with Crippen LogP contribution in [0.5, 0.6) is 5.75 Å². The largest absolute Gasteiger partial charge is 0.491 e. The summed E-state index contributed by atoms with van der Waals surface area (Å²) in [6, 6.07) is 5.13. The van der Waals surface area contributed by atoms with Crippen LogP contribution in [0.15, 0.2) is 18.2 Å². The number of aromatic carboxylic acids is 1. The van der Waals surface area contributed by atoms with E-state index in [9.17, 15) is 4.79 Å². The van der Waals surface area contributed by atoms with Crippen LogP contribution in [0.3, 0.4) is 0 Å². The Hall–Kier alpha value is -1.71. The van der Waals surface area contributed by atoms with Crippen molar-refractivity contribution in [3.05, 3.63) is 23.8 Å². The maximum atomic E-state index is 11.1. The van der Waals surface area contributed by atoms with Gasteiger partial charge in [-0.15, -0.1) is 0 Å². The molecule has 2 N–H and O–H groups in total. The second kappa shape index (κ2) is 3.14. The molecule has 0 amide bonds. The quantitative estimate of drug-likeness (QED) is 0.758. The molecule has 16 heavy (non-hydrogen) atoms. The SMILES string of the molecule is O=C(O)c1cccc2c1NCC1(CC1)CO2. The summed E-state index contributed by atoms with van der Waals surface area (Å²) in [6.07, 6.45) is 2.33. The number of fused-ring (bicyclic) bond motifs is 1. The molecule has 84 valence electrons. The molecule has 4 heteroatoms. The third-order valence-electron chi connectivity index (χ3n) is 3.39. The summed E-state index contributed by atoms with van der Waals surface area (Å²) in [6.45, 7) is 1.50. The molecule has 4 nitrogen and oxygen atoms in total. The van der Waals surface area contributed by atoms with Gasteiger partial charge < -0.3 is 15.2 Å². The highest BCUT2D eigenvalue weighted by Crippen LogP contribution is 2.48. The normalized spacial score (nSPS) is 20.2. The summed E-state index contributed by atoms with van der Waals surface area (Å²) in [5.74, 6) is -0.261. The van der Waals surface area contributed by atoms with Crippen molar-refractivity contribution < 1.29 is 14.6 Å². The van der Waals surface area contributed by atoms with Crippen LogP contribution in [0.25, 0.3) is 0 Å². The van der Waals surface area contributed by atoms with Crippen molar-refractivity contribution >= 4 is 11.7 Å². The molecule has 1 saturated carbocycles. The lowest BCUT2D eigenvalue weighted by Gasteiger charge is -2.10. The average Bonchev–Trinajstić information content (AvgIpc) is 3.06. The van der Waals surface area contributed by atoms with Gasteiger partial charge in [-0.05, 0) is 25.0 Å². The number of hydrogen-bond donors (Lipinski definition) is 2. The van der Waals surface area contributed by atoms with Gasteiger partial charge in [-0.2, -0.15) is 0 Å². The molecule has 0 aromatic heterocycles. The zero-order chi connectivity index (χ0) is 11.2. The van der Waals surface area contributed by atoms with Crippen molar-refractivity contribution in [2.24, 2.45) is 5.41 Å². The second-order valence-corrected chi connectivity index (χ2v) is 4.63. The van der Waals surface area contributed by atoms with Gasteiger partial charge in [0.15, 0.2) is 0 Å². The fourth-order valence-corrected chi connectivity index (χ4v) is 2.07. The third-order valence-corrected chi connectivity index (χ3v) is 3.39. The Morgan fingerprint density at radius 2 is 2.25 bits per heavy atom. The number of para-hydroxylation sites is 1. The number of carboxylic acids is 1. The van der Waals surface area contributed by atoms with Crippen LogP contribution in [0.1, 0.15) is 23.2 Å². The number of anilines is 1. The summed E-state index contributed by atoms with van der Waals surface area (Å²) < 4.78 is 5.69. The first-order chi connectivity index (χ1) is 7.70. The van der Waals surface area contributed by atoms with Crippen LogP contribution in [0.2, 0.25) is 0 Å². The molecule has 0 unspecified atom stereocenters. The number of carboxylic acid groups (broad SMARTS) is 1. The molecule has 1 aromatic carbocycles. The molecule has 3 rings (SSSR count). The van der Waals surface area contributed by atoms with Crippen molar-refractivity contribution in [1.29, 1.82) is 0 Å². The van der Waals surface area contributed by atoms with Gasteiger partial charge in [0.05, 0.1) is 17.9 Å². The minimum absolute atomic E-state index is 0.245. The number of hydrogen-bond acceptors (Lipinski definition) is 3. The molecule has 1 heterocycles. The van der Waals surface area contributed by atoms with Crippen LogP contribution in [-0.4, -0.2) is 24.2 Å². The summed E-state index contributed by atoms with van der Waals surface area (Å²) in [7, 11) is 0. The Morgan fingerprint density at radius 1 is 1.44 bits per heavy atom. The lowest BCUT2D eigenvalue weighted by atomic mass is 10.1. The number of benzene rings is 1. The molecule has 1 aromatic rings. The zero-order valence-electron chi connectivity index (χ0n) is 8.82. The molecule has 1 aliphatic heterocycles. The molecule has 2 aliphatic rings. The van der Waals surface area contributed by atoms with Gasteiger partial charge in [0, 0.05) is 12.0 Å². The minimum atomic E-state index is -0.917. The van der Waals surface area contributed by atoms with Crippen molar-refractivity contribution in [1.82, 2.24) is 0 Å². The highest BCUT2D eigenvalue weighted by atomic mass is 16.5. The number of ether oxygens (including phenoxy) is 1. The van der Waals surface area contributed by atoms with Crippen molar-refractivity contribution in [3.8, 4) is 5.75 Å². The van der Waals surface area contributed by atoms with Crippen LogP contribution in [0.4, 0.5) is 5.69 Å². The highest BCUT2D eigenvalue weighted by Gasteiger charge is 2.45. The van der Waals surface area contributed by atoms with E-state index in [-0.39, 0.29) is 11.0 Å². The van der Waals surface area contributed by atoms with Crippen LogP contribution in [-0.2, 0) is 0 Å². The summed E-state index contributed by atoms with van der Waals surface area (Å²) in [5, 5.41) is 12.3. The van der Waals surface area contributed by atoms with Gasteiger partial charge in [-0.25, -0.2) is 4.79 Å². The van der Waals surface area contributed by atoms with E-state index in [2.05, 4.69) is 5.32 Å². The molecular formula is C12H13NO3. The predicted octanol–water partition coefficient (Wildman–Crippen LogP) is 1.97. The van der Waals surface area contributed by atoms with E-state index in [1.165, 1.54) is 0 Å². The van der Waals surface area contributed by atoms with E-state index in [1.807, 2.05) is 6.07 Å². The molecule has 0 atom stereocenters. The Labute approximate surface area is 93.2 Å². The predicted molar refractivity (Wildman–Crippen MR) is 59.1 cm³/mol. The molecule has 0 bridgehead atoms. The van der Waals surface area contributed by atoms with Gasteiger partial charge in [-0.3, -0.25) is 0 Å². The van der Waals surface area contributed by atoms with E-state index in [4.69, 9.17) is 9.84 Å². The molecule has 1 aliphatic carbocycles. The molecule has 0 saturated heterocycles. The maximum absolute atomic E-state index is 11.1. The Kier molecular flexibility index (Phi) is 1.87. The topological polar surface area (TPSA) is 58.6 Å². The lowest BCUT2D eigenvalue weighted by Crippen LogP contribution is -2.19. The summed E-state index contributed by atoms with van der Waals surface area (Å²) in [4.78, 5) is 11.1. The number of carbonyl (C=O) groups is 1. The third kappa shape index (κ3) is 1.41. The van der Waals surface area contributed by atoms with E-state index in [0.29, 0.717) is 18.0 Å². The van der Waals surface area contributed by atoms with Crippen molar-refractivity contribution in [2.75, 3.05) is 18.5 Å². The molecular weight excluding hydrogens is 206 g/mol. The average molecular weight is 219 g/mol. The van der Waals surface area contributed by atoms with E-state index < -0.39 is 5.97 Å². The van der Waals surface area contributed by atoms with E-state index in [0.717, 1.165) is 19.4 Å². The maximum Gasteiger partial charge on any atom is 0.337 e. The first-order valence-corrected chi connectivity index (χ1v) is 5.43. The van der Waals surface area contributed by atoms with E-state index in [1.54, 1.807) is 12.1 Å². The Bertz CT molecular complexity index is 452. The second-order valence-electron chi connectivity index (χ2n) is 4.63. The standard InChI is InChI=1S/C12H13NO3/c14-11(15)8-2-1-3-9-10(8)13-6-12(4-5-12)7-16-9/h1-3,13H,4-7H2,(H,14,15). The molecule has 1 spiro atoms. The zero-order valence-corrected chi connectivity index (χ0v) is 8.82. The van der Waals surface area contributed by atoms with Crippen molar-refractivity contribution in [2.45, 2.75) is 12.8 Å². The molecule has 0 radical (unpaired) electrons. The number of nitrogens with one attached hydrogen (secondary N) is 1. The van der Waals surface area contributed by atoms with Gasteiger partial charge in [-0.1, -0.05) is 6.07 Å². The fraction of sp³-hybridized carbons (Fsp3) is 0.417. The van der Waals surface area contributed by atoms with Gasteiger partial charge in [0.1, 0.15) is 5.75 Å². The van der Waals surface area contributed by atoms with Crippen LogP contribution >= 0.6 is 0 Å². The smallest absolute Gasteiger partial charge is 0.337 e. The lowest BCUT2D eigenvalue weighted by molar-refractivity contribution is 0.0697. The summed E-state index contributed by atoms with van der Waals surface area (Å²) in [5.41, 5.74) is 1.16. The minimum Gasteiger partial charge on any atom is -0.491 e. The van der Waals surface area contributed by atoms with Crippen molar-refractivity contribution in [3.63, 3.8) is 0 Å². The van der Waals surface area contributed by atoms with Gasteiger partial charge in [0.2, 0.25) is 0 Å². The van der Waals surface area contributed by atoms with E-state index >= 15 is 0 Å². The Balaban J connectivity index is 2.00.